The minimum absolute atomic E-state index is 0.0319. The molecule has 0 aromatic heterocycles. The summed E-state index contributed by atoms with van der Waals surface area (Å²) in [6, 6.07) is 11.8. The fourth-order valence-corrected chi connectivity index (χ4v) is 3.27. The topological polar surface area (TPSA) is 89.5 Å². The van der Waals surface area contributed by atoms with Crippen molar-refractivity contribution in [2.24, 2.45) is 0 Å². The number of hydrogen-bond acceptors (Lipinski definition) is 5. The number of carbonyl (C=O) groups excluding carboxylic acids is 2. The van der Waals surface area contributed by atoms with Crippen LogP contribution in [0.5, 0.6) is 0 Å². The number of nitrogens with one attached hydrogen (secondary N) is 1. The van der Waals surface area contributed by atoms with E-state index >= 15 is 0 Å². The molecule has 0 aliphatic rings. The fourth-order valence-electron chi connectivity index (χ4n) is 2.05. The maximum absolute atomic E-state index is 13.4. The lowest BCUT2D eigenvalue weighted by molar-refractivity contribution is -0.146. The van der Waals surface area contributed by atoms with E-state index < -0.39 is 39.9 Å². The number of ether oxygens (including phenoxy) is 1. The summed E-state index contributed by atoms with van der Waals surface area (Å²) in [7, 11) is -3.62. The van der Waals surface area contributed by atoms with E-state index in [-0.39, 0.29) is 17.0 Å². The second-order valence-electron chi connectivity index (χ2n) is 5.57. The average Bonchev–Trinajstić information content (AvgIpc) is 2.60. The van der Waals surface area contributed by atoms with Crippen LogP contribution in [-0.4, -0.2) is 32.7 Å². The SMILES string of the molecule is Cc1ccc(S(=O)(=O)CCC(=O)OCC(=O)Nc2ccccc2F)cc1. The molecule has 0 saturated carbocycles. The molecule has 0 saturated heterocycles. The Morgan fingerprint density at radius 1 is 1.08 bits per heavy atom. The molecule has 0 aliphatic heterocycles. The van der Waals surface area contributed by atoms with Crippen molar-refractivity contribution in [2.75, 3.05) is 17.7 Å². The van der Waals surface area contributed by atoms with Crippen LogP contribution in [0.4, 0.5) is 10.1 Å². The van der Waals surface area contributed by atoms with Crippen molar-refractivity contribution in [1.29, 1.82) is 0 Å². The van der Waals surface area contributed by atoms with Gasteiger partial charge in [-0.05, 0) is 31.2 Å². The maximum atomic E-state index is 13.4. The molecule has 2 rings (SSSR count). The minimum Gasteiger partial charge on any atom is -0.456 e. The third kappa shape index (κ3) is 5.66. The van der Waals surface area contributed by atoms with Crippen molar-refractivity contribution in [3.05, 3.63) is 59.9 Å². The largest absolute Gasteiger partial charge is 0.456 e. The van der Waals surface area contributed by atoms with Crippen molar-refractivity contribution in [3.63, 3.8) is 0 Å². The second kappa shape index (κ2) is 8.57. The molecule has 0 fully saturated rings. The predicted octanol–water partition coefficient (Wildman–Crippen LogP) is 2.48. The second-order valence-corrected chi connectivity index (χ2v) is 7.68. The van der Waals surface area contributed by atoms with Gasteiger partial charge in [0.1, 0.15) is 5.82 Å². The van der Waals surface area contributed by atoms with Crippen LogP contribution in [0, 0.1) is 12.7 Å². The molecule has 6 nitrogen and oxygen atoms in total. The molecule has 2 aromatic carbocycles. The lowest BCUT2D eigenvalue weighted by Crippen LogP contribution is -2.22. The van der Waals surface area contributed by atoms with Gasteiger partial charge in [-0.25, -0.2) is 12.8 Å². The molecule has 0 spiro atoms. The summed E-state index contributed by atoms with van der Waals surface area (Å²) in [5.74, 6) is -2.59. The van der Waals surface area contributed by atoms with E-state index in [4.69, 9.17) is 4.74 Å². The molecule has 1 N–H and O–H groups in total. The number of hydrogen-bond donors (Lipinski definition) is 1. The van der Waals surface area contributed by atoms with E-state index in [9.17, 15) is 22.4 Å². The number of esters is 1. The molecule has 0 bridgehead atoms. The van der Waals surface area contributed by atoms with Crippen LogP contribution >= 0.6 is 0 Å². The number of sulfone groups is 1. The Labute approximate surface area is 150 Å². The first kappa shape index (κ1) is 19.6. The molecule has 0 atom stereocenters. The summed E-state index contributed by atoms with van der Waals surface area (Å²) in [5.41, 5.74) is 0.889. The van der Waals surface area contributed by atoms with Crippen LogP contribution in [0.1, 0.15) is 12.0 Å². The summed E-state index contributed by atoms with van der Waals surface area (Å²) in [4.78, 5) is 23.4. The Hall–Kier alpha value is -2.74. The molecule has 0 unspecified atom stereocenters. The molecule has 1 amide bonds. The highest BCUT2D eigenvalue weighted by Gasteiger charge is 2.17. The molecule has 138 valence electrons. The zero-order chi connectivity index (χ0) is 19.2. The first-order chi connectivity index (χ1) is 12.3. The summed E-state index contributed by atoms with van der Waals surface area (Å²) in [6.45, 7) is 1.21. The average molecular weight is 379 g/mol. The molecule has 26 heavy (non-hydrogen) atoms. The number of amides is 1. The van der Waals surface area contributed by atoms with Crippen LogP contribution in [-0.2, 0) is 24.2 Å². The molecule has 0 heterocycles. The first-order valence-corrected chi connectivity index (χ1v) is 9.42. The molecular weight excluding hydrogens is 361 g/mol. The van der Waals surface area contributed by atoms with Gasteiger partial charge < -0.3 is 10.1 Å². The number of halogens is 1. The van der Waals surface area contributed by atoms with Crippen molar-refractivity contribution < 1.29 is 27.1 Å². The van der Waals surface area contributed by atoms with Crippen LogP contribution in [0.25, 0.3) is 0 Å². The highest BCUT2D eigenvalue weighted by atomic mass is 32.2. The van der Waals surface area contributed by atoms with Crippen molar-refractivity contribution in [1.82, 2.24) is 0 Å². The number of anilines is 1. The lowest BCUT2D eigenvalue weighted by atomic mass is 10.2. The number of carbonyl (C=O) groups is 2. The van der Waals surface area contributed by atoms with E-state index in [1.54, 1.807) is 18.2 Å². The van der Waals surface area contributed by atoms with E-state index in [1.165, 1.54) is 30.3 Å². The van der Waals surface area contributed by atoms with E-state index in [1.807, 2.05) is 6.92 Å². The summed E-state index contributed by atoms with van der Waals surface area (Å²) >= 11 is 0. The smallest absolute Gasteiger partial charge is 0.307 e. The lowest BCUT2D eigenvalue weighted by Gasteiger charge is -2.08. The zero-order valence-corrected chi connectivity index (χ0v) is 14.9. The first-order valence-electron chi connectivity index (χ1n) is 7.77. The predicted molar refractivity (Wildman–Crippen MR) is 93.8 cm³/mol. The van der Waals surface area contributed by atoms with Gasteiger partial charge in [0.15, 0.2) is 16.4 Å². The standard InChI is InChI=1S/C18H18FNO5S/c1-13-6-8-14(9-7-13)26(23,24)11-10-18(22)25-12-17(21)20-16-5-3-2-4-15(16)19/h2-9H,10-12H2,1H3,(H,20,21). The van der Waals surface area contributed by atoms with Crippen LogP contribution in [0.15, 0.2) is 53.4 Å². The molecular formula is C18H18FNO5S. The fraction of sp³-hybridized carbons (Fsp3) is 0.222. The van der Waals surface area contributed by atoms with Gasteiger partial charge in [-0.15, -0.1) is 0 Å². The molecule has 0 radical (unpaired) electrons. The third-order valence-corrected chi connectivity index (χ3v) is 5.20. The Morgan fingerprint density at radius 2 is 1.73 bits per heavy atom. The molecule has 8 heteroatoms. The van der Waals surface area contributed by atoms with Crippen LogP contribution < -0.4 is 5.32 Å². The Balaban J connectivity index is 1.80. The number of para-hydroxylation sites is 1. The van der Waals surface area contributed by atoms with Gasteiger partial charge in [-0.2, -0.15) is 0 Å². The van der Waals surface area contributed by atoms with E-state index in [0.717, 1.165) is 5.56 Å². The highest BCUT2D eigenvalue weighted by Crippen LogP contribution is 2.14. The maximum Gasteiger partial charge on any atom is 0.307 e. The Bertz CT molecular complexity index is 894. The summed E-state index contributed by atoms with van der Waals surface area (Å²) < 4.78 is 42.4. The number of benzene rings is 2. The molecule has 2 aromatic rings. The monoisotopic (exact) mass is 379 g/mol. The third-order valence-electron chi connectivity index (χ3n) is 3.47. The van der Waals surface area contributed by atoms with Crippen molar-refractivity contribution >= 4 is 27.4 Å². The van der Waals surface area contributed by atoms with Crippen molar-refractivity contribution in [2.45, 2.75) is 18.2 Å². The normalized spacial score (nSPS) is 11.0. The van der Waals surface area contributed by atoms with Crippen LogP contribution in [0.2, 0.25) is 0 Å². The van der Waals surface area contributed by atoms with E-state index in [0.29, 0.717) is 0 Å². The van der Waals surface area contributed by atoms with Crippen molar-refractivity contribution in [3.8, 4) is 0 Å². The molecule has 0 aliphatic carbocycles. The Morgan fingerprint density at radius 3 is 2.38 bits per heavy atom. The summed E-state index contributed by atoms with van der Waals surface area (Å²) in [5, 5.41) is 2.26. The van der Waals surface area contributed by atoms with Gasteiger partial charge in [0.05, 0.1) is 22.8 Å². The summed E-state index contributed by atoms with van der Waals surface area (Å²) in [6.07, 6.45) is -0.386. The number of aryl methyl sites for hydroxylation is 1. The van der Waals surface area contributed by atoms with E-state index in [2.05, 4.69) is 5.32 Å². The zero-order valence-electron chi connectivity index (χ0n) is 14.1. The minimum atomic E-state index is -3.62. The van der Waals surface area contributed by atoms with Gasteiger partial charge in [0, 0.05) is 0 Å². The van der Waals surface area contributed by atoms with Gasteiger partial charge in [0.25, 0.3) is 5.91 Å². The van der Waals surface area contributed by atoms with Gasteiger partial charge >= 0.3 is 5.97 Å². The Kier molecular flexibility index (Phi) is 6.46. The van der Waals surface area contributed by atoms with Gasteiger partial charge in [0.2, 0.25) is 0 Å². The van der Waals surface area contributed by atoms with Gasteiger partial charge in [-0.1, -0.05) is 29.8 Å². The number of rotatable bonds is 7. The van der Waals surface area contributed by atoms with Crippen LogP contribution in [0.3, 0.4) is 0 Å². The highest BCUT2D eigenvalue weighted by molar-refractivity contribution is 7.91. The quantitative estimate of drug-likeness (QED) is 0.747. The van der Waals surface area contributed by atoms with Gasteiger partial charge in [-0.3, -0.25) is 9.59 Å².